The topological polar surface area (TPSA) is 69.2 Å². The molecule has 2 heterocycles. The van der Waals surface area contributed by atoms with Crippen LogP contribution in [0.25, 0.3) is 10.2 Å². The molecule has 1 aliphatic carbocycles. The molecule has 5 nitrogen and oxygen atoms in total. The maximum absolute atomic E-state index is 12.8. The maximum Gasteiger partial charge on any atom is 0.259 e. The van der Waals surface area contributed by atoms with E-state index in [0.29, 0.717) is 37.2 Å². The third-order valence-corrected chi connectivity index (χ3v) is 6.53. The van der Waals surface area contributed by atoms with Crippen LogP contribution in [0.15, 0.2) is 17.4 Å². The Kier molecular flexibility index (Phi) is 7.07. The van der Waals surface area contributed by atoms with Gasteiger partial charge >= 0.3 is 0 Å². The number of aryl methyl sites for hydroxylation is 1. The highest BCUT2D eigenvalue weighted by atomic mass is 32.1. The fourth-order valence-corrected chi connectivity index (χ4v) is 5.50. The van der Waals surface area contributed by atoms with Crippen LogP contribution in [0.2, 0.25) is 0 Å². The summed E-state index contributed by atoms with van der Waals surface area (Å²) >= 11 is 1.69. The Morgan fingerprint density at radius 2 is 2.21 bits per heavy atom. The molecular weight excluding hydrogens is 370 g/mol. The normalized spacial score (nSPS) is 18.0. The van der Waals surface area contributed by atoms with Gasteiger partial charge < -0.3 is 10.1 Å². The molecule has 0 bridgehead atoms. The van der Waals surface area contributed by atoms with Crippen LogP contribution >= 0.6 is 11.3 Å². The molecule has 0 amide bonds. The Balaban J connectivity index is 1.82. The van der Waals surface area contributed by atoms with Crippen molar-refractivity contribution in [3.8, 4) is 0 Å². The molecule has 0 fully saturated rings. The number of nitrogens with zero attached hydrogens (tertiary/aromatic N) is 2. The minimum Gasteiger partial charge on any atom is -0.392 e. The van der Waals surface area contributed by atoms with Gasteiger partial charge in [-0.3, -0.25) is 9.69 Å². The Hall–Kier alpha value is -1.50. The van der Waals surface area contributed by atoms with Crippen molar-refractivity contribution in [1.29, 1.82) is 0 Å². The molecule has 28 heavy (non-hydrogen) atoms. The molecule has 3 rings (SSSR count). The predicted molar refractivity (Wildman–Crippen MR) is 117 cm³/mol. The Morgan fingerprint density at radius 3 is 2.93 bits per heavy atom. The zero-order valence-electron chi connectivity index (χ0n) is 17.3. The molecule has 6 heteroatoms. The first-order valence-electron chi connectivity index (χ1n) is 10.4. The van der Waals surface area contributed by atoms with Gasteiger partial charge in [-0.15, -0.1) is 17.9 Å². The number of aliphatic hydroxyl groups is 1. The molecule has 0 aromatic carbocycles. The molecule has 0 saturated heterocycles. The van der Waals surface area contributed by atoms with Crippen molar-refractivity contribution in [3.05, 3.63) is 39.3 Å². The van der Waals surface area contributed by atoms with E-state index in [1.54, 1.807) is 11.3 Å². The standard InChI is InChI=1S/C22H33N3O2S/c1-5-6-7-16(26)12-25(11-14(2)3)13-19-23-21(27)20-17-9-8-15(4)10-18(17)28-22(20)24-19/h5,14-16,26H,1,6-13H2,2-4H3,(H,23,24,27). The summed E-state index contributed by atoms with van der Waals surface area (Å²) in [5.41, 5.74) is 1.21. The van der Waals surface area contributed by atoms with E-state index in [1.807, 2.05) is 6.08 Å². The van der Waals surface area contributed by atoms with E-state index >= 15 is 0 Å². The molecule has 0 aliphatic heterocycles. The number of aromatic nitrogens is 2. The predicted octanol–water partition coefficient (Wildman–Crippen LogP) is 3.89. The minimum atomic E-state index is -0.400. The number of aromatic amines is 1. The Morgan fingerprint density at radius 1 is 1.43 bits per heavy atom. The van der Waals surface area contributed by atoms with Crippen molar-refractivity contribution in [2.45, 2.75) is 65.5 Å². The van der Waals surface area contributed by atoms with Crippen LogP contribution < -0.4 is 5.56 Å². The number of nitrogens with one attached hydrogen (secondary N) is 1. The first-order chi connectivity index (χ1) is 13.4. The van der Waals surface area contributed by atoms with E-state index in [9.17, 15) is 9.90 Å². The van der Waals surface area contributed by atoms with Crippen LogP contribution in [0.5, 0.6) is 0 Å². The monoisotopic (exact) mass is 403 g/mol. The summed E-state index contributed by atoms with van der Waals surface area (Å²) in [5.74, 6) is 1.84. The van der Waals surface area contributed by atoms with Crippen LogP contribution in [0.4, 0.5) is 0 Å². The molecule has 2 aromatic rings. The molecule has 0 radical (unpaired) electrons. The van der Waals surface area contributed by atoms with E-state index in [2.05, 4.69) is 37.2 Å². The number of hydrogen-bond donors (Lipinski definition) is 2. The van der Waals surface area contributed by atoms with Gasteiger partial charge in [0.2, 0.25) is 0 Å². The highest BCUT2D eigenvalue weighted by molar-refractivity contribution is 7.18. The molecule has 1 aliphatic rings. The maximum atomic E-state index is 12.8. The molecule has 2 atom stereocenters. The van der Waals surface area contributed by atoms with Crippen LogP contribution in [0.1, 0.15) is 56.3 Å². The smallest absolute Gasteiger partial charge is 0.259 e. The van der Waals surface area contributed by atoms with Crippen molar-refractivity contribution in [2.24, 2.45) is 11.8 Å². The Labute approximate surface area is 171 Å². The number of aliphatic hydroxyl groups excluding tert-OH is 1. The van der Waals surface area contributed by atoms with Gasteiger partial charge in [0.25, 0.3) is 5.56 Å². The summed E-state index contributed by atoms with van der Waals surface area (Å²) in [6.07, 6.45) is 6.12. The van der Waals surface area contributed by atoms with Crippen molar-refractivity contribution in [2.75, 3.05) is 13.1 Å². The quantitative estimate of drug-likeness (QED) is 0.623. The summed E-state index contributed by atoms with van der Waals surface area (Å²) in [4.78, 5) is 25.0. The third-order valence-electron chi connectivity index (χ3n) is 5.38. The molecule has 2 unspecified atom stereocenters. The van der Waals surface area contributed by atoms with Crippen LogP contribution in [-0.2, 0) is 19.4 Å². The van der Waals surface area contributed by atoms with Crippen LogP contribution in [0, 0.1) is 11.8 Å². The lowest BCUT2D eigenvalue weighted by Crippen LogP contribution is -2.35. The van der Waals surface area contributed by atoms with Gasteiger partial charge in [0.1, 0.15) is 10.7 Å². The van der Waals surface area contributed by atoms with Gasteiger partial charge in [-0.25, -0.2) is 4.98 Å². The summed E-state index contributed by atoms with van der Waals surface area (Å²) in [6.45, 7) is 12.3. The number of thiophene rings is 1. The third kappa shape index (κ3) is 5.10. The second-order valence-electron chi connectivity index (χ2n) is 8.65. The fourth-order valence-electron chi connectivity index (χ4n) is 4.10. The van der Waals surface area contributed by atoms with E-state index in [4.69, 9.17) is 4.98 Å². The number of allylic oxidation sites excluding steroid dienone is 1. The van der Waals surface area contributed by atoms with Gasteiger partial charge in [0.15, 0.2) is 0 Å². The number of H-pyrrole nitrogens is 1. The summed E-state index contributed by atoms with van der Waals surface area (Å²) < 4.78 is 0. The van der Waals surface area contributed by atoms with E-state index in [0.717, 1.165) is 42.4 Å². The van der Waals surface area contributed by atoms with Gasteiger partial charge in [-0.05, 0) is 49.5 Å². The Bertz CT molecular complexity index is 871. The van der Waals surface area contributed by atoms with Crippen molar-refractivity contribution < 1.29 is 5.11 Å². The van der Waals surface area contributed by atoms with E-state index < -0.39 is 6.10 Å². The van der Waals surface area contributed by atoms with Gasteiger partial charge in [-0.2, -0.15) is 0 Å². The SMILES string of the molecule is C=CCCC(O)CN(Cc1nc2sc3c(c2c(=O)[nH]1)CCC(C)C3)CC(C)C. The fraction of sp³-hybridized carbons (Fsp3) is 0.636. The molecular formula is C22H33N3O2S. The van der Waals surface area contributed by atoms with Crippen molar-refractivity contribution in [1.82, 2.24) is 14.9 Å². The van der Waals surface area contributed by atoms with Crippen molar-refractivity contribution in [3.63, 3.8) is 0 Å². The lowest BCUT2D eigenvalue weighted by atomic mass is 9.89. The zero-order chi connectivity index (χ0) is 20.3. The highest BCUT2D eigenvalue weighted by Gasteiger charge is 2.23. The average Bonchev–Trinajstić information content (AvgIpc) is 2.96. The first kappa shape index (κ1) is 21.2. The molecule has 2 N–H and O–H groups in total. The molecule has 0 spiro atoms. The second kappa shape index (κ2) is 9.33. The lowest BCUT2D eigenvalue weighted by Gasteiger charge is -2.26. The first-order valence-corrected chi connectivity index (χ1v) is 11.2. The number of fused-ring (bicyclic) bond motifs is 3. The molecule has 2 aromatic heterocycles. The van der Waals surface area contributed by atoms with E-state index in [-0.39, 0.29) is 5.56 Å². The van der Waals surface area contributed by atoms with Crippen LogP contribution in [0.3, 0.4) is 0 Å². The highest BCUT2D eigenvalue weighted by Crippen LogP contribution is 2.35. The lowest BCUT2D eigenvalue weighted by molar-refractivity contribution is 0.0943. The minimum absolute atomic E-state index is 0.0104. The summed E-state index contributed by atoms with van der Waals surface area (Å²) in [5, 5.41) is 11.1. The average molecular weight is 404 g/mol. The van der Waals surface area contributed by atoms with Crippen molar-refractivity contribution >= 4 is 21.6 Å². The summed E-state index contributed by atoms with van der Waals surface area (Å²) in [6, 6.07) is 0. The number of hydrogen-bond acceptors (Lipinski definition) is 5. The summed E-state index contributed by atoms with van der Waals surface area (Å²) in [7, 11) is 0. The molecule has 0 saturated carbocycles. The second-order valence-corrected chi connectivity index (χ2v) is 9.74. The van der Waals surface area contributed by atoms with E-state index in [1.165, 1.54) is 10.4 Å². The van der Waals surface area contributed by atoms with Gasteiger partial charge in [0.05, 0.1) is 18.0 Å². The van der Waals surface area contributed by atoms with Gasteiger partial charge in [-0.1, -0.05) is 26.8 Å². The van der Waals surface area contributed by atoms with Gasteiger partial charge in [0, 0.05) is 18.0 Å². The van der Waals surface area contributed by atoms with Crippen LogP contribution in [-0.4, -0.2) is 39.2 Å². The molecule has 154 valence electrons. The zero-order valence-corrected chi connectivity index (χ0v) is 18.1. The number of rotatable bonds is 9. The largest absolute Gasteiger partial charge is 0.392 e.